The third-order valence-corrected chi connectivity index (χ3v) is 4.45. The fourth-order valence-electron chi connectivity index (χ4n) is 3.25. The van der Waals surface area contributed by atoms with Crippen molar-refractivity contribution in [2.75, 3.05) is 12.4 Å². The maximum absolute atomic E-state index is 12.8. The van der Waals surface area contributed by atoms with Crippen LogP contribution < -0.4 is 15.8 Å². The molecular weight excluding hydrogens is 360 g/mol. The Morgan fingerprint density at radius 1 is 1.29 bits per heavy atom. The first kappa shape index (κ1) is 19.4. The number of benzene rings is 1. The monoisotopic (exact) mass is 384 g/mol. The number of ether oxygens (including phenoxy) is 1. The van der Waals surface area contributed by atoms with E-state index in [0.29, 0.717) is 36.0 Å². The highest BCUT2D eigenvalue weighted by molar-refractivity contribution is 6.05. The summed E-state index contributed by atoms with van der Waals surface area (Å²) in [6.45, 7) is 7.01. The van der Waals surface area contributed by atoms with E-state index in [4.69, 9.17) is 10.5 Å². The van der Waals surface area contributed by atoms with Gasteiger partial charge in [-0.1, -0.05) is 6.92 Å². The molecule has 3 rings (SSSR count). The van der Waals surface area contributed by atoms with Crippen molar-refractivity contribution in [1.29, 1.82) is 0 Å². The van der Waals surface area contributed by atoms with Crippen LogP contribution in [0.25, 0.3) is 11.0 Å². The second-order valence-electron chi connectivity index (χ2n) is 6.41. The molecule has 0 bridgehead atoms. The van der Waals surface area contributed by atoms with E-state index in [2.05, 4.69) is 15.4 Å². The zero-order chi connectivity index (χ0) is 20.4. The molecule has 3 N–H and O–H groups in total. The van der Waals surface area contributed by atoms with Crippen molar-refractivity contribution >= 4 is 28.8 Å². The fourth-order valence-corrected chi connectivity index (χ4v) is 3.25. The number of rotatable bonds is 7. The molecule has 148 valence electrons. The highest BCUT2D eigenvalue weighted by Gasteiger charge is 2.22. The maximum atomic E-state index is 12.8. The Bertz CT molecular complexity index is 1050. The number of carbonyl (C=O) groups excluding carboxylic acids is 2. The molecule has 0 saturated carbocycles. The molecule has 0 unspecified atom stereocenters. The number of amides is 2. The molecule has 2 heterocycles. The van der Waals surface area contributed by atoms with E-state index in [1.165, 1.54) is 7.11 Å². The van der Waals surface area contributed by atoms with Gasteiger partial charge in [-0.05, 0) is 38.5 Å². The van der Waals surface area contributed by atoms with E-state index in [1.54, 1.807) is 22.9 Å². The van der Waals surface area contributed by atoms with E-state index in [0.717, 1.165) is 17.6 Å². The number of hydrogen-bond donors (Lipinski definition) is 2. The van der Waals surface area contributed by atoms with Gasteiger partial charge in [-0.15, -0.1) is 0 Å². The zero-order valence-corrected chi connectivity index (χ0v) is 16.4. The van der Waals surface area contributed by atoms with Gasteiger partial charge in [-0.25, -0.2) is 4.98 Å². The summed E-state index contributed by atoms with van der Waals surface area (Å²) < 4.78 is 8.92. The van der Waals surface area contributed by atoms with Crippen LogP contribution in [0.5, 0.6) is 5.75 Å². The number of nitrogens with one attached hydrogen (secondary N) is 1. The number of nitrogens with zero attached hydrogens (tertiary/aromatic N) is 4. The average Bonchev–Trinajstić information content (AvgIpc) is 3.21. The average molecular weight is 384 g/mol. The number of imidazole rings is 1. The summed E-state index contributed by atoms with van der Waals surface area (Å²) in [7, 11) is 1.46. The van der Waals surface area contributed by atoms with Gasteiger partial charge in [0, 0.05) is 13.1 Å². The number of hydrogen-bond acceptors (Lipinski definition) is 5. The van der Waals surface area contributed by atoms with Gasteiger partial charge in [0.25, 0.3) is 11.8 Å². The van der Waals surface area contributed by atoms with E-state index in [-0.39, 0.29) is 11.5 Å². The summed E-state index contributed by atoms with van der Waals surface area (Å²) in [5.41, 5.74) is 8.13. The fraction of sp³-hybridized carbons (Fsp3) is 0.368. The SMILES string of the molecule is CCCn1c(NC(=O)c2cc(C)nn2CC)nc2c(OC)c(C(N)=O)ccc21. The lowest BCUT2D eigenvalue weighted by Crippen LogP contribution is -2.20. The minimum atomic E-state index is -0.600. The number of carbonyl (C=O) groups is 2. The van der Waals surface area contributed by atoms with Crippen LogP contribution in [-0.2, 0) is 13.1 Å². The summed E-state index contributed by atoms with van der Waals surface area (Å²) >= 11 is 0. The molecule has 0 spiro atoms. The van der Waals surface area contributed by atoms with E-state index >= 15 is 0 Å². The van der Waals surface area contributed by atoms with Crippen molar-refractivity contribution < 1.29 is 14.3 Å². The molecule has 2 aromatic heterocycles. The second-order valence-corrected chi connectivity index (χ2v) is 6.41. The predicted molar refractivity (Wildman–Crippen MR) is 106 cm³/mol. The van der Waals surface area contributed by atoms with Crippen LogP contribution in [0.3, 0.4) is 0 Å². The molecule has 0 aliphatic rings. The van der Waals surface area contributed by atoms with Crippen LogP contribution in [0, 0.1) is 6.92 Å². The van der Waals surface area contributed by atoms with Gasteiger partial charge in [0.15, 0.2) is 5.75 Å². The Morgan fingerprint density at radius 3 is 2.64 bits per heavy atom. The molecule has 0 aliphatic carbocycles. The lowest BCUT2D eigenvalue weighted by molar-refractivity contribution is 0.0993. The van der Waals surface area contributed by atoms with Gasteiger partial charge >= 0.3 is 0 Å². The third-order valence-electron chi connectivity index (χ3n) is 4.45. The second kappa shape index (κ2) is 7.71. The summed E-state index contributed by atoms with van der Waals surface area (Å²) in [6, 6.07) is 5.10. The minimum Gasteiger partial charge on any atom is -0.494 e. The lowest BCUT2D eigenvalue weighted by atomic mass is 10.1. The van der Waals surface area contributed by atoms with Crippen molar-refractivity contribution in [3.8, 4) is 5.75 Å². The number of aryl methyl sites for hydroxylation is 3. The van der Waals surface area contributed by atoms with E-state index < -0.39 is 5.91 Å². The molecular formula is C19H24N6O3. The molecule has 0 aliphatic heterocycles. The summed E-state index contributed by atoms with van der Waals surface area (Å²) in [5.74, 6) is -0.228. The summed E-state index contributed by atoms with van der Waals surface area (Å²) in [6.07, 6.45) is 0.834. The van der Waals surface area contributed by atoms with Crippen LogP contribution in [0.1, 0.15) is 46.8 Å². The number of methoxy groups -OCH3 is 1. The van der Waals surface area contributed by atoms with Crippen LogP contribution in [0.4, 0.5) is 5.95 Å². The summed E-state index contributed by atoms with van der Waals surface area (Å²) in [4.78, 5) is 29.1. The quantitative estimate of drug-likeness (QED) is 0.648. The van der Waals surface area contributed by atoms with Crippen molar-refractivity contribution in [2.24, 2.45) is 5.73 Å². The predicted octanol–water partition coefficient (Wildman–Crippen LogP) is 2.33. The van der Waals surface area contributed by atoms with Crippen LogP contribution in [0.2, 0.25) is 0 Å². The number of primary amides is 1. The van der Waals surface area contributed by atoms with E-state index in [9.17, 15) is 9.59 Å². The molecule has 0 radical (unpaired) electrons. The van der Waals surface area contributed by atoms with Gasteiger partial charge in [-0.2, -0.15) is 5.10 Å². The highest BCUT2D eigenvalue weighted by Crippen LogP contribution is 2.31. The van der Waals surface area contributed by atoms with Crippen molar-refractivity contribution in [3.63, 3.8) is 0 Å². The molecule has 1 aromatic carbocycles. The zero-order valence-electron chi connectivity index (χ0n) is 16.4. The first-order valence-corrected chi connectivity index (χ1v) is 9.14. The number of nitrogens with two attached hydrogens (primary N) is 1. The largest absolute Gasteiger partial charge is 0.494 e. The Kier molecular flexibility index (Phi) is 5.34. The Hall–Kier alpha value is -3.36. The Labute approximate surface area is 162 Å². The number of aromatic nitrogens is 4. The Morgan fingerprint density at radius 2 is 2.04 bits per heavy atom. The van der Waals surface area contributed by atoms with Crippen LogP contribution in [0.15, 0.2) is 18.2 Å². The van der Waals surface area contributed by atoms with Gasteiger partial charge in [0.05, 0.1) is 23.9 Å². The smallest absolute Gasteiger partial charge is 0.276 e. The number of anilines is 1. The first-order valence-electron chi connectivity index (χ1n) is 9.14. The van der Waals surface area contributed by atoms with Crippen LogP contribution >= 0.6 is 0 Å². The maximum Gasteiger partial charge on any atom is 0.276 e. The third kappa shape index (κ3) is 3.30. The lowest BCUT2D eigenvalue weighted by Gasteiger charge is -2.10. The standard InChI is InChI=1S/C19H24N6O3/c1-5-9-24-13-8-7-12(17(20)26)16(28-4)15(13)21-19(24)22-18(27)14-10-11(3)23-25(14)6-2/h7-8,10H,5-6,9H2,1-4H3,(H2,20,26)(H,21,22,27). The van der Waals surface area contributed by atoms with Crippen molar-refractivity contribution in [2.45, 2.75) is 40.3 Å². The molecule has 2 amide bonds. The minimum absolute atomic E-state index is 0.244. The van der Waals surface area contributed by atoms with Gasteiger partial charge in [0.2, 0.25) is 5.95 Å². The van der Waals surface area contributed by atoms with Gasteiger partial charge in [0.1, 0.15) is 11.2 Å². The molecule has 0 fully saturated rings. The van der Waals surface area contributed by atoms with Gasteiger partial charge < -0.3 is 15.0 Å². The molecule has 0 saturated heterocycles. The van der Waals surface area contributed by atoms with Gasteiger partial charge in [-0.3, -0.25) is 19.6 Å². The molecule has 28 heavy (non-hydrogen) atoms. The molecule has 0 atom stereocenters. The highest BCUT2D eigenvalue weighted by atomic mass is 16.5. The first-order chi connectivity index (χ1) is 13.4. The van der Waals surface area contributed by atoms with Crippen LogP contribution in [-0.4, -0.2) is 38.3 Å². The Balaban J connectivity index is 2.10. The van der Waals surface area contributed by atoms with Crippen molar-refractivity contribution in [1.82, 2.24) is 19.3 Å². The normalized spacial score (nSPS) is 11.0. The van der Waals surface area contributed by atoms with Crippen molar-refractivity contribution in [3.05, 3.63) is 35.2 Å². The van der Waals surface area contributed by atoms with E-state index in [1.807, 2.05) is 25.3 Å². The summed E-state index contributed by atoms with van der Waals surface area (Å²) in [5, 5.41) is 7.18. The molecule has 9 nitrogen and oxygen atoms in total. The molecule has 9 heteroatoms. The number of fused-ring (bicyclic) bond motifs is 1. The topological polar surface area (TPSA) is 117 Å². The molecule has 3 aromatic rings.